The molecule has 0 unspecified atom stereocenters. The lowest BCUT2D eigenvalue weighted by Crippen LogP contribution is -1.96. The number of halogens is 2. The van der Waals surface area contributed by atoms with Crippen LogP contribution in [-0.2, 0) is 7.05 Å². The van der Waals surface area contributed by atoms with Crippen LogP contribution in [0.1, 0.15) is 6.92 Å². The average molecular weight is 299 g/mol. The second-order valence-electron chi connectivity index (χ2n) is 3.57. The lowest BCUT2D eigenvalue weighted by molar-refractivity contribution is 0.321. The van der Waals surface area contributed by atoms with E-state index in [1.807, 2.05) is 24.6 Å². The highest BCUT2D eigenvalue weighted by Crippen LogP contribution is 2.29. The van der Waals surface area contributed by atoms with Crippen molar-refractivity contribution in [1.29, 1.82) is 0 Å². The highest BCUT2D eigenvalue weighted by molar-refractivity contribution is 9.10. The van der Waals surface area contributed by atoms with Gasteiger partial charge < -0.3 is 9.30 Å². The van der Waals surface area contributed by atoms with Gasteiger partial charge in [0.1, 0.15) is 4.60 Å². The van der Waals surface area contributed by atoms with Crippen LogP contribution in [0.25, 0.3) is 11.3 Å². The molecule has 1 aromatic carbocycles. The van der Waals surface area contributed by atoms with Crippen LogP contribution in [0.2, 0.25) is 0 Å². The summed E-state index contributed by atoms with van der Waals surface area (Å²) in [5, 5.41) is 0. The summed E-state index contributed by atoms with van der Waals surface area (Å²) < 4.78 is 21.4. The van der Waals surface area contributed by atoms with E-state index in [2.05, 4.69) is 20.9 Å². The van der Waals surface area contributed by atoms with Gasteiger partial charge in [0.05, 0.1) is 18.6 Å². The van der Waals surface area contributed by atoms with E-state index in [4.69, 9.17) is 4.74 Å². The fraction of sp³-hybridized carbons (Fsp3) is 0.250. The minimum absolute atomic E-state index is 0.273. The summed E-state index contributed by atoms with van der Waals surface area (Å²) in [7, 11) is 1.86. The highest BCUT2D eigenvalue weighted by atomic mass is 79.9. The standard InChI is InChI=1S/C12H12BrFN2O/c1-3-17-10-5-4-8(6-9(10)14)11-12(13)15-7-16(11)2/h4-7H,3H2,1-2H3. The molecule has 0 aliphatic carbocycles. The molecule has 5 heteroatoms. The van der Waals surface area contributed by atoms with E-state index in [1.165, 1.54) is 6.07 Å². The molecule has 0 fully saturated rings. The van der Waals surface area contributed by atoms with E-state index >= 15 is 0 Å². The van der Waals surface area contributed by atoms with Crippen molar-refractivity contribution in [1.82, 2.24) is 9.55 Å². The Morgan fingerprint density at radius 2 is 2.24 bits per heavy atom. The summed E-state index contributed by atoms with van der Waals surface area (Å²) in [6.07, 6.45) is 1.67. The summed E-state index contributed by atoms with van der Waals surface area (Å²) in [5.74, 6) is -0.0907. The molecule has 0 amide bonds. The number of ether oxygens (including phenoxy) is 1. The van der Waals surface area contributed by atoms with Crippen molar-refractivity contribution in [2.75, 3.05) is 6.61 Å². The Kier molecular flexibility index (Phi) is 3.47. The lowest BCUT2D eigenvalue weighted by Gasteiger charge is -2.07. The van der Waals surface area contributed by atoms with Gasteiger partial charge in [-0.25, -0.2) is 9.37 Å². The predicted molar refractivity (Wildman–Crippen MR) is 67.5 cm³/mol. The zero-order chi connectivity index (χ0) is 12.4. The van der Waals surface area contributed by atoms with Gasteiger partial charge in [-0.1, -0.05) is 0 Å². The number of hydrogen-bond donors (Lipinski definition) is 0. The Bertz CT molecular complexity index is 520. The Balaban J connectivity index is 2.45. The van der Waals surface area contributed by atoms with Gasteiger partial charge in [-0.2, -0.15) is 0 Å². The molecule has 0 radical (unpaired) electrons. The molecule has 1 heterocycles. The number of imidazole rings is 1. The first-order valence-electron chi connectivity index (χ1n) is 5.23. The van der Waals surface area contributed by atoms with Crippen molar-refractivity contribution >= 4 is 15.9 Å². The third-order valence-electron chi connectivity index (χ3n) is 2.40. The fourth-order valence-electron chi connectivity index (χ4n) is 1.65. The monoisotopic (exact) mass is 298 g/mol. The number of benzene rings is 1. The van der Waals surface area contributed by atoms with Crippen LogP contribution in [0, 0.1) is 5.82 Å². The van der Waals surface area contributed by atoms with E-state index in [9.17, 15) is 4.39 Å². The predicted octanol–water partition coefficient (Wildman–Crippen LogP) is 3.39. The molecular formula is C12H12BrFN2O. The number of hydrogen-bond acceptors (Lipinski definition) is 2. The maximum absolute atomic E-state index is 13.7. The van der Waals surface area contributed by atoms with Crippen LogP contribution in [-0.4, -0.2) is 16.2 Å². The molecule has 0 bridgehead atoms. The van der Waals surface area contributed by atoms with Crippen LogP contribution in [0.5, 0.6) is 5.75 Å². The molecule has 17 heavy (non-hydrogen) atoms. The van der Waals surface area contributed by atoms with E-state index in [-0.39, 0.29) is 11.6 Å². The summed E-state index contributed by atoms with van der Waals surface area (Å²) in [6.45, 7) is 2.27. The number of rotatable bonds is 3. The number of nitrogens with zero attached hydrogens (tertiary/aromatic N) is 2. The quantitative estimate of drug-likeness (QED) is 0.868. The van der Waals surface area contributed by atoms with E-state index in [0.29, 0.717) is 11.2 Å². The Morgan fingerprint density at radius 1 is 1.47 bits per heavy atom. The Morgan fingerprint density at radius 3 is 2.76 bits per heavy atom. The maximum Gasteiger partial charge on any atom is 0.165 e. The summed E-state index contributed by atoms with van der Waals surface area (Å²) >= 11 is 3.34. The van der Waals surface area contributed by atoms with Gasteiger partial charge in [0, 0.05) is 12.6 Å². The van der Waals surface area contributed by atoms with Gasteiger partial charge in [0.15, 0.2) is 11.6 Å². The van der Waals surface area contributed by atoms with Crippen LogP contribution >= 0.6 is 15.9 Å². The van der Waals surface area contributed by atoms with Crippen LogP contribution in [0.4, 0.5) is 4.39 Å². The SMILES string of the molecule is CCOc1ccc(-c2c(Br)ncn2C)cc1F. The molecule has 2 rings (SSSR count). The third-order valence-corrected chi connectivity index (χ3v) is 2.98. The van der Waals surface area contributed by atoms with Crippen molar-refractivity contribution in [3.05, 3.63) is 34.9 Å². The first-order valence-corrected chi connectivity index (χ1v) is 6.02. The molecule has 0 N–H and O–H groups in total. The van der Waals surface area contributed by atoms with E-state index in [0.717, 1.165) is 11.3 Å². The zero-order valence-corrected chi connectivity index (χ0v) is 11.2. The minimum atomic E-state index is -0.363. The van der Waals surface area contributed by atoms with Gasteiger partial charge >= 0.3 is 0 Å². The first kappa shape index (κ1) is 12.1. The Hall–Kier alpha value is -1.36. The Labute approximate surface area is 107 Å². The van der Waals surface area contributed by atoms with E-state index in [1.54, 1.807) is 12.4 Å². The fourth-order valence-corrected chi connectivity index (χ4v) is 2.25. The van der Waals surface area contributed by atoms with Crippen molar-refractivity contribution in [3.8, 4) is 17.0 Å². The maximum atomic E-state index is 13.7. The van der Waals surface area contributed by atoms with Crippen LogP contribution in [0.3, 0.4) is 0 Å². The van der Waals surface area contributed by atoms with Gasteiger partial charge in [0.25, 0.3) is 0 Å². The highest BCUT2D eigenvalue weighted by Gasteiger charge is 2.11. The van der Waals surface area contributed by atoms with Gasteiger partial charge in [-0.15, -0.1) is 0 Å². The zero-order valence-electron chi connectivity index (χ0n) is 9.58. The lowest BCUT2D eigenvalue weighted by atomic mass is 10.1. The average Bonchev–Trinajstić information content (AvgIpc) is 2.62. The van der Waals surface area contributed by atoms with Crippen molar-refractivity contribution in [2.45, 2.75) is 6.92 Å². The van der Waals surface area contributed by atoms with Crippen molar-refractivity contribution < 1.29 is 9.13 Å². The van der Waals surface area contributed by atoms with Gasteiger partial charge in [-0.05, 0) is 41.1 Å². The van der Waals surface area contributed by atoms with Gasteiger partial charge in [-0.3, -0.25) is 0 Å². The topological polar surface area (TPSA) is 27.1 Å². The van der Waals surface area contributed by atoms with Gasteiger partial charge in [0.2, 0.25) is 0 Å². The van der Waals surface area contributed by atoms with E-state index < -0.39 is 0 Å². The molecule has 0 saturated heterocycles. The largest absolute Gasteiger partial charge is 0.491 e. The summed E-state index contributed by atoms with van der Waals surface area (Å²) in [6, 6.07) is 4.90. The number of aromatic nitrogens is 2. The first-order chi connectivity index (χ1) is 8.13. The normalized spacial score (nSPS) is 10.6. The molecule has 3 nitrogen and oxygen atoms in total. The summed E-state index contributed by atoms with van der Waals surface area (Å²) in [4.78, 5) is 4.11. The molecule has 1 aromatic heterocycles. The second kappa shape index (κ2) is 4.87. The van der Waals surface area contributed by atoms with Crippen molar-refractivity contribution in [3.63, 3.8) is 0 Å². The summed E-state index contributed by atoms with van der Waals surface area (Å²) in [5.41, 5.74) is 1.60. The molecule has 0 aliphatic heterocycles. The minimum Gasteiger partial charge on any atom is -0.491 e. The smallest absolute Gasteiger partial charge is 0.165 e. The number of aryl methyl sites for hydroxylation is 1. The molecule has 0 saturated carbocycles. The molecule has 90 valence electrons. The van der Waals surface area contributed by atoms with Crippen molar-refractivity contribution in [2.24, 2.45) is 7.05 Å². The third kappa shape index (κ3) is 2.34. The second-order valence-corrected chi connectivity index (χ2v) is 4.32. The molecule has 0 spiro atoms. The molecule has 0 aliphatic rings. The molecule has 2 aromatic rings. The molecule has 0 atom stereocenters. The van der Waals surface area contributed by atoms with Crippen LogP contribution in [0.15, 0.2) is 29.1 Å². The van der Waals surface area contributed by atoms with Crippen LogP contribution < -0.4 is 4.74 Å². The molecular weight excluding hydrogens is 287 g/mol.